The van der Waals surface area contributed by atoms with E-state index in [1.54, 1.807) is 10.7 Å². The van der Waals surface area contributed by atoms with Gasteiger partial charge in [-0.1, -0.05) is 17.7 Å². The van der Waals surface area contributed by atoms with Gasteiger partial charge in [-0.3, -0.25) is 19.4 Å². The van der Waals surface area contributed by atoms with Gasteiger partial charge in [0.05, 0.1) is 5.56 Å². The highest BCUT2D eigenvalue weighted by atomic mass is 35.5. The van der Waals surface area contributed by atoms with Crippen LogP contribution >= 0.6 is 11.6 Å². The van der Waals surface area contributed by atoms with Crippen LogP contribution in [-0.4, -0.2) is 15.7 Å². The van der Waals surface area contributed by atoms with Crippen molar-refractivity contribution in [1.29, 1.82) is 0 Å². The third-order valence-electron chi connectivity index (χ3n) is 3.82. The molecule has 0 unspecified atom stereocenters. The summed E-state index contributed by atoms with van der Waals surface area (Å²) in [7, 11) is 0. The van der Waals surface area contributed by atoms with Crippen molar-refractivity contribution in [2.75, 3.05) is 5.32 Å². The summed E-state index contributed by atoms with van der Waals surface area (Å²) < 4.78 is 15.8. The first kappa shape index (κ1) is 14.8. The molecule has 1 aromatic carbocycles. The molecule has 1 amide bonds. The maximum atomic E-state index is 14.2. The number of carbonyl (C=O) groups excluding carboxylic acids is 1. The van der Waals surface area contributed by atoms with Crippen LogP contribution < -0.4 is 10.9 Å². The van der Waals surface area contributed by atoms with Crippen LogP contribution in [0.15, 0.2) is 23.0 Å². The van der Waals surface area contributed by atoms with Crippen LogP contribution in [0.4, 0.5) is 10.2 Å². The van der Waals surface area contributed by atoms with Gasteiger partial charge in [0.25, 0.3) is 5.56 Å². The van der Waals surface area contributed by atoms with Gasteiger partial charge < -0.3 is 5.32 Å². The second kappa shape index (κ2) is 5.28. The lowest BCUT2D eigenvalue weighted by Crippen LogP contribution is -2.27. The van der Waals surface area contributed by atoms with E-state index in [1.165, 1.54) is 12.1 Å². The first-order valence-electron chi connectivity index (χ1n) is 6.98. The molecule has 7 heteroatoms. The number of benzene rings is 1. The quantitative estimate of drug-likeness (QED) is 0.892. The van der Waals surface area contributed by atoms with Crippen molar-refractivity contribution >= 4 is 23.3 Å². The number of rotatable bonds is 2. The predicted octanol–water partition coefficient (Wildman–Crippen LogP) is 3.02. The number of fused-ring (bicyclic) bond motifs is 1. The summed E-state index contributed by atoms with van der Waals surface area (Å²) in [5, 5.41) is 5.60. The molecule has 1 aliphatic heterocycles. The summed E-state index contributed by atoms with van der Waals surface area (Å²) in [5.41, 5.74) is 0.195. The summed E-state index contributed by atoms with van der Waals surface area (Å²) in [6.45, 7) is 3.75. The van der Waals surface area contributed by atoms with E-state index in [0.717, 1.165) is 0 Å². The molecule has 0 bridgehead atoms. The second-order valence-electron chi connectivity index (χ2n) is 5.61. The van der Waals surface area contributed by atoms with E-state index in [0.29, 0.717) is 11.4 Å². The Morgan fingerprint density at radius 3 is 2.68 bits per heavy atom. The van der Waals surface area contributed by atoms with Crippen LogP contribution in [0.1, 0.15) is 43.4 Å². The van der Waals surface area contributed by atoms with Crippen molar-refractivity contribution in [2.45, 2.75) is 32.2 Å². The largest absolute Gasteiger partial charge is 0.311 e. The molecule has 2 N–H and O–H groups in total. The lowest BCUT2D eigenvalue weighted by molar-refractivity contribution is -0.116. The predicted molar refractivity (Wildman–Crippen MR) is 81.9 cm³/mol. The third-order valence-corrected chi connectivity index (χ3v) is 4.15. The van der Waals surface area contributed by atoms with Crippen LogP contribution in [0.25, 0.3) is 0 Å². The number of hydrogen-bond donors (Lipinski definition) is 2. The van der Waals surface area contributed by atoms with Crippen LogP contribution in [0.2, 0.25) is 5.02 Å². The molecular weight excluding hydrogens is 309 g/mol. The third kappa shape index (κ3) is 2.23. The van der Waals surface area contributed by atoms with Gasteiger partial charge in [0, 0.05) is 29.0 Å². The summed E-state index contributed by atoms with van der Waals surface area (Å²) in [5.74, 6) is -1.10. The molecule has 0 spiro atoms. The number of anilines is 1. The van der Waals surface area contributed by atoms with Gasteiger partial charge in [0.2, 0.25) is 5.91 Å². The van der Waals surface area contributed by atoms with Gasteiger partial charge in [-0.2, -0.15) is 0 Å². The number of amides is 1. The summed E-state index contributed by atoms with van der Waals surface area (Å²) in [6, 6.07) is 4.28. The molecule has 0 saturated carbocycles. The van der Waals surface area contributed by atoms with E-state index in [1.807, 2.05) is 13.8 Å². The fourth-order valence-electron chi connectivity index (χ4n) is 2.86. The second-order valence-corrected chi connectivity index (χ2v) is 6.01. The number of H-pyrrole nitrogens is 1. The first-order chi connectivity index (χ1) is 10.4. The number of aromatic nitrogens is 2. The van der Waals surface area contributed by atoms with Crippen LogP contribution in [0, 0.1) is 5.82 Å². The van der Waals surface area contributed by atoms with E-state index < -0.39 is 11.7 Å². The van der Waals surface area contributed by atoms with Gasteiger partial charge in [-0.05, 0) is 26.0 Å². The molecule has 116 valence electrons. The number of halogens is 2. The maximum absolute atomic E-state index is 14.2. The normalized spacial score (nSPS) is 17.5. The molecule has 2 heterocycles. The summed E-state index contributed by atoms with van der Waals surface area (Å²) in [6.07, 6.45) is -0.0150. The fourth-order valence-corrected chi connectivity index (χ4v) is 3.16. The summed E-state index contributed by atoms with van der Waals surface area (Å²) in [4.78, 5) is 24.3. The molecule has 0 radical (unpaired) electrons. The standard InChI is InChI=1S/C15H15ClFN3O2/c1-7(2)20-14-13(15(22)19-20)8(6-11(21)18-14)12-9(16)4-3-5-10(12)17/h3-5,7-8H,6H2,1-2H3,(H,18,21)(H,19,22)/t8-/m1/s1. The van der Waals surface area contributed by atoms with Crippen LogP contribution in [-0.2, 0) is 4.79 Å². The molecule has 1 aliphatic rings. The molecule has 1 aromatic heterocycles. The molecule has 5 nitrogen and oxygen atoms in total. The van der Waals surface area contributed by atoms with Crippen molar-refractivity contribution in [3.05, 3.63) is 50.5 Å². The maximum Gasteiger partial charge on any atom is 0.270 e. The average molecular weight is 324 g/mol. The Bertz CT molecular complexity index is 789. The zero-order valence-corrected chi connectivity index (χ0v) is 12.9. The van der Waals surface area contributed by atoms with Crippen molar-refractivity contribution in [1.82, 2.24) is 9.78 Å². The molecule has 2 aromatic rings. The van der Waals surface area contributed by atoms with Crippen molar-refractivity contribution in [2.24, 2.45) is 0 Å². The Morgan fingerprint density at radius 2 is 2.05 bits per heavy atom. The van der Waals surface area contributed by atoms with Gasteiger partial charge >= 0.3 is 0 Å². The van der Waals surface area contributed by atoms with E-state index in [-0.39, 0.29) is 34.5 Å². The zero-order valence-electron chi connectivity index (χ0n) is 12.1. The number of aromatic amines is 1. The topological polar surface area (TPSA) is 66.9 Å². The molecule has 1 atom stereocenters. The minimum Gasteiger partial charge on any atom is -0.311 e. The minimum atomic E-state index is -0.693. The average Bonchev–Trinajstić information content (AvgIpc) is 2.75. The van der Waals surface area contributed by atoms with Gasteiger partial charge in [0.1, 0.15) is 11.6 Å². The highest BCUT2D eigenvalue weighted by Crippen LogP contribution is 2.39. The van der Waals surface area contributed by atoms with E-state index in [2.05, 4.69) is 10.4 Å². The van der Waals surface area contributed by atoms with Gasteiger partial charge in [-0.25, -0.2) is 4.39 Å². The molecule has 3 rings (SSSR count). The Balaban J connectivity index is 2.25. The number of nitrogens with zero attached hydrogens (tertiary/aromatic N) is 1. The van der Waals surface area contributed by atoms with Crippen LogP contribution in [0.5, 0.6) is 0 Å². The number of carbonyl (C=O) groups is 1. The molecule has 0 saturated heterocycles. The number of hydrogen-bond acceptors (Lipinski definition) is 2. The Morgan fingerprint density at radius 1 is 1.32 bits per heavy atom. The monoisotopic (exact) mass is 323 g/mol. The summed E-state index contributed by atoms with van der Waals surface area (Å²) >= 11 is 6.11. The Labute approximate surface area is 131 Å². The SMILES string of the molecule is CC(C)n1[nH]c(=O)c2c1NC(=O)C[C@@H]2c1c(F)cccc1Cl. The van der Waals surface area contributed by atoms with Gasteiger partial charge in [0.15, 0.2) is 0 Å². The molecule has 22 heavy (non-hydrogen) atoms. The van der Waals surface area contributed by atoms with E-state index in [9.17, 15) is 14.0 Å². The smallest absolute Gasteiger partial charge is 0.270 e. The molecule has 0 fully saturated rings. The van der Waals surface area contributed by atoms with Crippen molar-refractivity contribution in [3.63, 3.8) is 0 Å². The number of nitrogens with one attached hydrogen (secondary N) is 2. The first-order valence-corrected chi connectivity index (χ1v) is 7.36. The van der Waals surface area contributed by atoms with Gasteiger partial charge in [-0.15, -0.1) is 0 Å². The lowest BCUT2D eigenvalue weighted by Gasteiger charge is -2.25. The zero-order chi connectivity index (χ0) is 16.0. The van der Waals surface area contributed by atoms with Crippen molar-refractivity contribution in [3.8, 4) is 0 Å². The van der Waals surface area contributed by atoms with Crippen LogP contribution in [0.3, 0.4) is 0 Å². The Kier molecular flexibility index (Phi) is 3.56. The lowest BCUT2D eigenvalue weighted by atomic mass is 9.86. The highest BCUT2D eigenvalue weighted by molar-refractivity contribution is 6.31. The van der Waals surface area contributed by atoms with E-state index >= 15 is 0 Å². The fraction of sp³-hybridized carbons (Fsp3) is 0.333. The molecular formula is C15H15ClFN3O2. The van der Waals surface area contributed by atoms with Crippen molar-refractivity contribution < 1.29 is 9.18 Å². The van der Waals surface area contributed by atoms with E-state index in [4.69, 9.17) is 11.6 Å². The Hall–Kier alpha value is -2.08. The highest BCUT2D eigenvalue weighted by Gasteiger charge is 2.35. The molecule has 0 aliphatic carbocycles. The minimum absolute atomic E-state index is 0.0150.